The van der Waals surface area contributed by atoms with E-state index in [0.717, 1.165) is 0 Å². The molecule has 1 amide bonds. The highest BCUT2D eigenvalue weighted by molar-refractivity contribution is 5.93. The van der Waals surface area contributed by atoms with E-state index in [1.807, 2.05) is 0 Å². The van der Waals surface area contributed by atoms with Crippen LogP contribution in [0.1, 0.15) is 6.92 Å². The van der Waals surface area contributed by atoms with Crippen LogP contribution < -0.4 is 14.8 Å². The van der Waals surface area contributed by atoms with Gasteiger partial charge in [0.2, 0.25) is 6.79 Å². The Labute approximate surface area is 86.6 Å². The molecule has 0 spiro atoms. The van der Waals surface area contributed by atoms with Gasteiger partial charge in [0, 0.05) is 11.8 Å². The maximum atomic E-state index is 11.2. The molecule has 15 heavy (non-hydrogen) atoms. The summed E-state index contributed by atoms with van der Waals surface area (Å²) in [5.74, 6) is 0.803. The summed E-state index contributed by atoms with van der Waals surface area (Å²) in [5, 5.41) is 11.6. The van der Waals surface area contributed by atoms with Crippen molar-refractivity contribution in [2.24, 2.45) is 0 Å². The molecule has 0 radical (unpaired) electrons. The van der Waals surface area contributed by atoms with E-state index in [9.17, 15) is 4.79 Å². The molecule has 0 aliphatic carbocycles. The number of benzene rings is 1. The van der Waals surface area contributed by atoms with Gasteiger partial charge in [-0.3, -0.25) is 4.79 Å². The molecule has 1 aromatic rings. The lowest BCUT2D eigenvalue weighted by molar-refractivity contribution is -0.123. The average Bonchev–Trinajstić information content (AvgIpc) is 2.64. The summed E-state index contributed by atoms with van der Waals surface area (Å²) in [7, 11) is 0. The minimum absolute atomic E-state index is 0.198. The molecule has 2 rings (SSSR count). The van der Waals surface area contributed by atoms with Crippen molar-refractivity contribution in [3.8, 4) is 11.5 Å². The summed E-state index contributed by atoms with van der Waals surface area (Å²) >= 11 is 0. The highest BCUT2D eigenvalue weighted by Gasteiger charge is 2.15. The molecule has 5 heteroatoms. The van der Waals surface area contributed by atoms with Crippen LogP contribution in [0.25, 0.3) is 0 Å². The third kappa shape index (κ3) is 2.02. The quantitative estimate of drug-likeness (QED) is 0.753. The van der Waals surface area contributed by atoms with Crippen LogP contribution in [0.2, 0.25) is 0 Å². The number of hydrogen-bond donors (Lipinski definition) is 2. The number of anilines is 1. The van der Waals surface area contributed by atoms with E-state index >= 15 is 0 Å². The number of aliphatic hydroxyl groups is 1. The number of rotatable bonds is 2. The molecule has 80 valence electrons. The topological polar surface area (TPSA) is 67.8 Å². The molecule has 1 heterocycles. The Kier molecular flexibility index (Phi) is 2.47. The van der Waals surface area contributed by atoms with Crippen LogP contribution in [-0.2, 0) is 4.79 Å². The van der Waals surface area contributed by atoms with Gasteiger partial charge in [0.1, 0.15) is 6.10 Å². The van der Waals surface area contributed by atoms with Gasteiger partial charge in [0.25, 0.3) is 5.91 Å². The van der Waals surface area contributed by atoms with Gasteiger partial charge in [0.05, 0.1) is 0 Å². The molecule has 2 N–H and O–H groups in total. The van der Waals surface area contributed by atoms with E-state index in [-0.39, 0.29) is 6.79 Å². The van der Waals surface area contributed by atoms with Crippen molar-refractivity contribution in [2.75, 3.05) is 12.1 Å². The van der Waals surface area contributed by atoms with Crippen LogP contribution in [-0.4, -0.2) is 23.9 Å². The van der Waals surface area contributed by atoms with Crippen LogP contribution >= 0.6 is 0 Å². The second kappa shape index (κ2) is 3.78. The second-order valence-corrected chi connectivity index (χ2v) is 3.23. The number of aliphatic hydroxyl groups excluding tert-OH is 1. The Morgan fingerprint density at radius 2 is 2.20 bits per heavy atom. The average molecular weight is 209 g/mol. The third-order valence-corrected chi connectivity index (χ3v) is 2.02. The summed E-state index contributed by atoms with van der Waals surface area (Å²) in [6.07, 6.45) is -1.03. The van der Waals surface area contributed by atoms with Gasteiger partial charge in [-0.1, -0.05) is 0 Å². The van der Waals surface area contributed by atoms with Gasteiger partial charge < -0.3 is 19.9 Å². The minimum atomic E-state index is -1.03. The molecule has 0 aromatic heterocycles. The van der Waals surface area contributed by atoms with Crippen LogP contribution in [0.4, 0.5) is 5.69 Å². The number of carbonyl (C=O) groups excluding carboxylic acids is 1. The van der Waals surface area contributed by atoms with Crippen molar-refractivity contribution in [1.29, 1.82) is 0 Å². The molecule has 1 aliphatic rings. The zero-order valence-electron chi connectivity index (χ0n) is 8.19. The van der Waals surface area contributed by atoms with E-state index in [1.54, 1.807) is 18.2 Å². The van der Waals surface area contributed by atoms with Gasteiger partial charge in [-0.15, -0.1) is 0 Å². The monoisotopic (exact) mass is 209 g/mol. The standard InChI is InChI=1S/C10H11NO4/c1-6(12)10(13)11-7-2-3-8-9(4-7)15-5-14-8/h2-4,6,12H,5H2,1H3,(H,11,13). The number of carbonyl (C=O) groups is 1. The first-order chi connectivity index (χ1) is 7.16. The number of nitrogens with one attached hydrogen (secondary N) is 1. The Morgan fingerprint density at radius 3 is 2.93 bits per heavy atom. The molecule has 0 saturated carbocycles. The van der Waals surface area contributed by atoms with Crippen LogP contribution in [0.15, 0.2) is 18.2 Å². The summed E-state index contributed by atoms with van der Waals surface area (Å²) in [5.41, 5.74) is 0.574. The molecular formula is C10H11NO4. The summed E-state index contributed by atoms with van der Waals surface area (Å²) in [6, 6.07) is 5.05. The molecule has 0 fully saturated rings. The third-order valence-electron chi connectivity index (χ3n) is 2.02. The number of amides is 1. The lowest BCUT2D eigenvalue weighted by atomic mass is 10.2. The molecule has 1 unspecified atom stereocenters. The van der Waals surface area contributed by atoms with Crippen LogP contribution in [0.5, 0.6) is 11.5 Å². The SMILES string of the molecule is CC(O)C(=O)Nc1ccc2c(c1)OCO2. The van der Waals surface area contributed by atoms with Crippen molar-refractivity contribution in [2.45, 2.75) is 13.0 Å². The molecule has 0 saturated heterocycles. The van der Waals surface area contributed by atoms with Crippen molar-refractivity contribution in [1.82, 2.24) is 0 Å². The molecule has 1 aromatic carbocycles. The fraction of sp³-hybridized carbons (Fsp3) is 0.300. The van der Waals surface area contributed by atoms with Gasteiger partial charge >= 0.3 is 0 Å². The lowest BCUT2D eigenvalue weighted by Crippen LogP contribution is -2.24. The second-order valence-electron chi connectivity index (χ2n) is 3.23. The normalized spacial score (nSPS) is 14.8. The van der Waals surface area contributed by atoms with Gasteiger partial charge in [0.15, 0.2) is 11.5 Å². The van der Waals surface area contributed by atoms with E-state index in [2.05, 4.69) is 5.32 Å². The van der Waals surface area contributed by atoms with E-state index in [4.69, 9.17) is 14.6 Å². The first kappa shape index (κ1) is 9.79. The maximum Gasteiger partial charge on any atom is 0.252 e. The fourth-order valence-corrected chi connectivity index (χ4v) is 1.22. The predicted octanol–water partition coefficient (Wildman–Crippen LogP) is 0.735. The van der Waals surface area contributed by atoms with Crippen molar-refractivity contribution in [3.05, 3.63) is 18.2 Å². The number of ether oxygens (including phenoxy) is 2. The predicted molar refractivity (Wildman–Crippen MR) is 52.9 cm³/mol. The maximum absolute atomic E-state index is 11.2. The fourth-order valence-electron chi connectivity index (χ4n) is 1.22. The van der Waals surface area contributed by atoms with E-state index in [1.165, 1.54) is 6.92 Å². The van der Waals surface area contributed by atoms with E-state index in [0.29, 0.717) is 17.2 Å². The van der Waals surface area contributed by atoms with Gasteiger partial charge in [-0.05, 0) is 19.1 Å². The Balaban J connectivity index is 2.13. The lowest BCUT2D eigenvalue weighted by Gasteiger charge is -2.07. The largest absolute Gasteiger partial charge is 0.454 e. The highest BCUT2D eigenvalue weighted by Crippen LogP contribution is 2.34. The van der Waals surface area contributed by atoms with Crippen molar-refractivity contribution < 1.29 is 19.4 Å². The first-order valence-corrected chi connectivity index (χ1v) is 4.55. The zero-order valence-corrected chi connectivity index (χ0v) is 8.19. The van der Waals surface area contributed by atoms with Gasteiger partial charge in [-0.2, -0.15) is 0 Å². The number of fused-ring (bicyclic) bond motifs is 1. The Morgan fingerprint density at radius 1 is 1.47 bits per heavy atom. The zero-order chi connectivity index (χ0) is 10.8. The highest BCUT2D eigenvalue weighted by atomic mass is 16.7. The molecule has 5 nitrogen and oxygen atoms in total. The molecule has 1 atom stereocenters. The molecule has 0 bridgehead atoms. The van der Waals surface area contributed by atoms with E-state index < -0.39 is 12.0 Å². The Hall–Kier alpha value is -1.75. The summed E-state index contributed by atoms with van der Waals surface area (Å²) in [6.45, 7) is 1.60. The van der Waals surface area contributed by atoms with Crippen LogP contribution in [0.3, 0.4) is 0 Å². The summed E-state index contributed by atoms with van der Waals surface area (Å²) in [4.78, 5) is 11.2. The van der Waals surface area contributed by atoms with Crippen LogP contribution in [0, 0.1) is 0 Å². The smallest absolute Gasteiger partial charge is 0.252 e. The molecular weight excluding hydrogens is 198 g/mol. The van der Waals surface area contributed by atoms with Gasteiger partial charge in [-0.25, -0.2) is 0 Å². The molecule has 1 aliphatic heterocycles. The Bertz CT molecular complexity index is 389. The first-order valence-electron chi connectivity index (χ1n) is 4.55. The van der Waals surface area contributed by atoms with Crippen molar-refractivity contribution >= 4 is 11.6 Å². The summed E-state index contributed by atoms with van der Waals surface area (Å²) < 4.78 is 10.3. The minimum Gasteiger partial charge on any atom is -0.454 e. The number of hydrogen-bond acceptors (Lipinski definition) is 4. The van der Waals surface area contributed by atoms with Crippen molar-refractivity contribution in [3.63, 3.8) is 0 Å².